The van der Waals surface area contributed by atoms with E-state index in [4.69, 9.17) is 4.74 Å². The number of nitrogens with zero attached hydrogens (tertiary/aromatic N) is 1. The third-order valence-electron chi connectivity index (χ3n) is 4.35. The van der Waals surface area contributed by atoms with Crippen molar-refractivity contribution >= 4 is 17.8 Å². The Morgan fingerprint density at radius 3 is 2.35 bits per heavy atom. The highest BCUT2D eigenvalue weighted by Crippen LogP contribution is 2.33. The summed E-state index contributed by atoms with van der Waals surface area (Å²) >= 11 is 0. The van der Waals surface area contributed by atoms with Gasteiger partial charge in [0.15, 0.2) is 0 Å². The number of amides is 2. The second-order valence-electron chi connectivity index (χ2n) is 7.67. The molecule has 148 valence electrons. The van der Waals surface area contributed by atoms with Crippen molar-refractivity contribution in [3.8, 4) is 0 Å². The molecule has 0 aromatic rings. The third kappa shape index (κ3) is 4.66. The molecule has 0 unspecified atom stereocenters. The van der Waals surface area contributed by atoms with Crippen LogP contribution in [0.15, 0.2) is 0 Å². The summed E-state index contributed by atoms with van der Waals surface area (Å²) in [6, 6.07) is -2.97. The largest absolute Gasteiger partial charge is 0.471 e. The lowest BCUT2D eigenvalue weighted by molar-refractivity contribution is -0.175. The summed E-state index contributed by atoms with van der Waals surface area (Å²) < 4.78 is 42.8. The van der Waals surface area contributed by atoms with E-state index in [0.717, 1.165) is 0 Å². The molecule has 0 saturated carbocycles. The lowest BCUT2D eigenvalue weighted by Crippen LogP contribution is -2.55. The maximum absolute atomic E-state index is 12.7. The zero-order valence-corrected chi connectivity index (χ0v) is 14.8. The molecule has 7 nitrogen and oxygen atoms in total. The Morgan fingerprint density at radius 1 is 1.19 bits per heavy atom. The first kappa shape index (κ1) is 20.5. The predicted molar refractivity (Wildman–Crippen MR) is 82.7 cm³/mol. The fourth-order valence-corrected chi connectivity index (χ4v) is 3.37. The van der Waals surface area contributed by atoms with E-state index >= 15 is 0 Å². The second kappa shape index (κ2) is 7.05. The third-order valence-corrected chi connectivity index (χ3v) is 4.35. The van der Waals surface area contributed by atoms with Gasteiger partial charge in [0.25, 0.3) is 0 Å². The molecule has 4 atom stereocenters. The average Bonchev–Trinajstić information content (AvgIpc) is 2.81. The van der Waals surface area contributed by atoms with Crippen LogP contribution in [-0.4, -0.2) is 63.8 Å². The van der Waals surface area contributed by atoms with E-state index in [9.17, 15) is 32.7 Å². The molecule has 0 bridgehead atoms. The molecule has 2 amide bonds. The van der Waals surface area contributed by atoms with E-state index in [0.29, 0.717) is 6.42 Å². The number of aliphatic hydroxyl groups is 1. The first-order chi connectivity index (χ1) is 11.8. The summed E-state index contributed by atoms with van der Waals surface area (Å²) in [7, 11) is 0. The topological polar surface area (TPSA) is 95.9 Å². The lowest BCUT2D eigenvalue weighted by Gasteiger charge is -2.31. The van der Waals surface area contributed by atoms with Gasteiger partial charge in [0.05, 0.1) is 6.10 Å². The van der Waals surface area contributed by atoms with Crippen LogP contribution in [0.3, 0.4) is 0 Å². The number of nitrogens with one attached hydrogen (secondary N) is 1. The average molecular weight is 380 g/mol. The van der Waals surface area contributed by atoms with Gasteiger partial charge in [-0.2, -0.15) is 13.2 Å². The molecular weight excluding hydrogens is 357 g/mol. The molecule has 0 radical (unpaired) electrons. The zero-order chi connectivity index (χ0) is 19.9. The standard InChI is InChI=1S/C16H23F3N2O5/c1-15(2,3)26-13(24)11-5-4-8-6-9(22)7-10(12(23)21(8)11)20-14(25)16(17,18)19/h8-11,22H,4-7H2,1-3H3,(H,20,25)/t8-,9+,10+,11+/m1/s1. The molecule has 0 aromatic heterocycles. The van der Waals surface area contributed by atoms with Gasteiger partial charge in [-0.15, -0.1) is 0 Å². The van der Waals surface area contributed by atoms with E-state index in [1.165, 1.54) is 4.90 Å². The molecule has 2 heterocycles. The quantitative estimate of drug-likeness (QED) is 0.694. The normalized spacial score (nSPS) is 29.8. The number of halogens is 3. The zero-order valence-electron chi connectivity index (χ0n) is 14.8. The van der Waals surface area contributed by atoms with Crippen molar-refractivity contribution in [3.63, 3.8) is 0 Å². The Balaban J connectivity index is 2.22. The van der Waals surface area contributed by atoms with Gasteiger partial charge >= 0.3 is 18.1 Å². The molecule has 2 fully saturated rings. The summed E-state index contributed by atoms with van der Waals surface area (Å²) in [6.07, 6.45) is -5.71. The monoisotopic (exact) mass is 380 g/mol. The van der Waals surface area contributed by atoms with Crippen molar-refractivity contribution in [2.24, 2.45) is 0 Å². The van der Waals surface area contributed by atoms with Crippen molar-refractivity contribution < 1.29 is 37.4 Å². The molecule has 10 heteroatoms. The fourth-order valence-electron chi connectivity index (χ4n) is 3.37. The van der Waals surface area contributed by atoms with E-state index in [2.05, 4.69) is 0 Å². The fraction of sp³-hybridized carbons (Fsp3) is 0.812. The van der Waals surface area contributed by atoms with Gasteiger partial charge in [-0.25, -0.2) is 4.79 Å². The Morgan fingerprint density at radius 2 is 1.81 bits per heavy atom. The molecule has 0 aliphatic carbocycles. The highest BCUT2D eigenvalue weighted by atomic mass is 19.4. The van der Waals surface area contributed by atoms with Crippen LogP contribution in [0.5, 0.6) is 0 Å². The Labute approximate surface area is 148 Å². The van der Waals surface area contributed by atoms with Gasteiger partial charge in [0, 0.05) is 12.5 Å². The maximum Gasteiger partial charge on any atom is 0.471 e. The number of fused-ring (bicyclic) bond motifs is 1. The second-order valence-corrected chi connectivity index (χ2v) is 7.67. The summed E-state index contributed by atoms with van der Waals surface area (Å²) in [5.41, 5.74) is -0.784. The van der Waals surface area contributed by atoms with Crippen LogP contribution in [0.4, 0.5) is 13.2 Å². The Hall–Kier alpha value is -1.84. The van der Waals surface area contributed by atoms with Crippen LogP contribution in [0.25, 0.3) is 0 Å². The van der Waals surface area contributed by atoms with Gasteiger partial charge in [-0.3, -0.25) is 9.59 Å². The number of carbonyl (C=O) groups is 3. The van der Waals surface area contributed by atoms with Crippen molar-refractivity contribution in [2.45, 2.75) is 82.5 Å². The van der Waals surface area contributed by atoms with Crippen LogP contribution in [0, 0.1) is 0 Å². The minimum atomic E-state index is -5.15. The summed E-state index contributed by atoms with van der Waals surface area (Å²) in [5.74, 6) is -3.71. The highest BCUT2D eigenvalue weighted by Gasteiger charge is 2.49. The van der Waals surface area contributed by atoms with Crippen molar-refractivity contribution in [3.05, 3.63) is 0 Å². The SMILES string of the molecule is CC(C)(C)OC(=O)[C@@H]1CC[C@@H]2C[C@H](O)C[C@H](NC(=O)C(F)(F)F)C(=O)N21. The number of carbonyl (C=O) groups excluding carboxylic acids is 3. The first-order valence-electron chi connectivity index (χ1n) is 8.40. The maximum atomic E-state index is 12.7. The molecule has 0 aromatic carbocycles. The lowest BCUT2D eigenvalue weighted by atomic mass is 10.0. The van der Waals surface area contributed by atoms with Crippen LogP contribution in [-0.2, 0) is 19.1 Å². The minimum absolute atomic E-state index is 0.128. The summed E-state index contributed by atoms with van der Waals surface area (Å²) in [6.45, 7) is 4.99. The van der Waals surface area contributed by atoms with E-state index in [1.54, 1.807) is 26.1 Å². The van der Waals surface area contributed by atoms with Crippen LogP contribution in [0.2, 0.25) is 0 Å². The molecular formula is C16H23F3N2O5. The first-order valence-corrected chi connectivity index (χ1v) is 8.40. The molecule has 0 spiro atoms. The highest BCUT2D eigenvalue weighted by molar-refractivity contribution is 5.93. The molecule has 26 heavy (non-hydrogen) atoms. The summed E-state index contributed by atoms with van der Waals surface area (Å²) in [4.78, 5) is 37.5. The molecule has 2 aliphatic heterocycles. The predicted octanol–water partition coefficient (Wildman–Crippen LogP) is 0.889. The molecule has 2 saturated heterocycles. The van der Waals surface area contributed by atoms with E-state index in [-0.39, 0.29) is 19.3 Å². The van der Waals surface area contributed by atoms with Crippen LogP contribution < -0.4 is 5.32 Å². The number of alkyl halides is 3. The number of aliphatic hydroxyl groups excluding tert-OH is 1. The number of rotatable bonds is 2. The van der Waals surface area contributed by atoms with Crippen LogP contribution >= 0.6 is 0 Å². The van der Waals surface area contributed by atoms with E-state index < -0.39 is 53.8 Å². The number of hydrogen-bond donors (Lipinski definition) is 2. The van der Waals surface area contributed by atoms with Crippen molar-refractivity contribution in [2.75, 3.05) is 0 Å². The van der Waals surface area contributed by atoms with Crippen molar-refractivity contribution in [1.29, 1.82) is 0 Å². The van der Waals surface area contributed by atoms with Crippen LogP contribution in [0.1, 0.15) is 46.5 Å². The molecule has 2 aliphatic rings. The molecule has 2 rings (SSSR count). The Bertz CT molecular complexity index is 587. The van der Waals surface area contributed by atoms with Gasteiger partial charge in [-0.1, -0.05) is 0 Å². The smallest absolute Gasteiger partial charge is 0.458 e. The molecule has 2 N–H and O–H groups in total. The van der Waals surface area contributed by atoms with Gasteiger partial charge in [0.2, 0.25) is 5.91 Å². The van der Waals surface area contributed by atoms with Crippen molar-refractivity contribution in [1.82, 2.24) is 10.2 Å². The number of hydrogen-bond acceptors (Lipinski definition) is 5. The number of ether oxygens (including phenoxy) is 1. The van der Waals surface area contributed by atoms with Gasteiger partial charge in [-0.05, 0) is 40.0 Å². The van der Waals surface area contributed by atoms with Gasteiger partial charge in [0.1, 0.15) is 17.7 Å². The summed E-state index contributed by atoms with van der Waals surface area (Å²) in [5, 5.41) is 11.7. The number of esters is 1. The Kier molecular flexibility index (Phi) is 5.55. The van der Waals surface area contributed by atoms with E-state index in [1.807, 2.05) is 0 Å². The minimum Gasteiger partial charge on any atom is -0.458 e. The van der Waals surface area contributed by atoms with Gasteiger partial charge < -0.3 is 20.1 Å².